The number of amides is 1. The Morgan fingerprint density at radius 3 is 2.72 bits per heavy atom. The van der Waals surface area contributed by atoms with Gasteiger partial charge in [-0.25, -0.2) is 4.98 Å². The average Bonchev–Trinajstić information content (AvgIpc) is 3.40. The molecule has 0 saturated heterocycles. The first-order valence-corrected chi connectivity index (χ1v) is 11.7. The summed E-state index contributed by atoms with van der Waals surface area (Å²) in [5.74, 6) is -0.0846. The van der Waals surface area contributed by atoms with Crippen LogP contribution in [0.15, 0.2) is 63.2 Å². The summed E-state index contributed by atoms with van der Waals surface area (Å²) in [4.78, 5) is 31.9. The molecule has 0 aliphatic rings. The van der Waals surface area contributed by atoms with Crippen molar-refractivity contribution in [2.24, 2.45) is 7.05 Å². The van der Waals surface area contributed by atoms with Crippen molar-refractivity contribution in [1.29, 1.82) is 0 Å². The largest absolute Gasteiger partial charge is 0.351 e. The number of carbonyl (C=O) groups is 1. The van der Waals surface area contributed by atoms with Crippen LogP contribution in [0.1, 0.15) is 12.5 Å². The lowest BCUT2D eigenvalue weighted by atomic mass is 10.2. The fraction of sp³-hybridized carbons (Fsp3) is 0.190. The van der Waals surface area contributed by atoms with E-state index >= 15 is 0 Å². The number of carbonyl (C=O) groups excluding carboxylic acids is 1. The zero-order chi connectivity index (χ0) is 20.4. The summed E-state index contributed by atoms with van der Waals surface area (Å²) in [6.07, 6.45) is 0. The smallest absolute Gasteiger partial charge is 0.263 e. The minimum absolute atomic E-state index is 0.0842. The first kappa shape index (κ1) is 19.9. The Kier molecular flexibility index (Phi) is 5.84. The Balaban J connectivity index is 1.54. The predicted octanol–water partition coefficient (Wildman–Crippen LogP) is 4.52. The van der Waals surface area contributed by atoms with E-state index in [4.69, 9.17) is 0 Å². The number of hydrogen-bond donors (Lipinski definition) is 1. The maximum absolute atomic E-state index is 13.0. The first-order chi connectivity index (χ1) is 14.0. The van der Waals surface area contributed by atoms with Crippen molar-refractivity contribution in [2.45, 2.75) is 23.9 Å². The summed E-state index contributed by atoms with van der Waals surface area (Å²) < 4.78 is 1.54. The van der Waals surface area contributed by atoms with E-state index in [0.29, 0.717) is 21.9 Å². The molecule has 29 heavy (non-hydrogen) atoms. The fourth-order valence-electron chi connectivity index (χ4n) is 2.91. The molecule has 0 fully saturated rings. The van der Waals surface area contributed by atoms with Crippen LogP contribution in [0.2, 0.25) is 0 Å². The van der Waals surface area contributed by atoms with E-state index in [2.05, 4.69) is 10.3 Å². The number of fused-ring (bicyclic) bond motifs is 1. The molecule has 1 amide bonds. The highest BCUT2D eigenvalue weighted by atomic mass is 32.2. The number of hydrogen-bond acceptors (Lipinski definition) is 6. The SMILES string of the molecule is CC(Sc1nc2scc(-c3cccs3)c2c(=O)n1C)C(=O)NCc1ccccc1. The molecule has 4 aromatic rings. The van der Waals surface area contributed by atoms with Gasteiger partial charge >= 0.3 is 0 Å². The Hall–Kier alpha value is -2.42. The van der Waals surface area contributed by atoms with E-state index in [0.717, 1.165) is 16.0 Å². The summed E-state index contributed by atoms with van der Waals surface area (Å²) >= 11 is 4.36. The summed E-state index contributed by atoms with van der Waals surface area (Å²) in [5.41, 5.74) is 1.89. The van der Waals surface area contributed by atoms with E-state index in [-0.39, 0.29) is 16.7 Å². The summed E-state index contributed by atoms with van der Waals surface area (Å²) in [7, 11) is 1.71. The van der Waals surface area contributed by atoms with Gasteiger partial charge in [0.2, 0.25) is 5.91 Å². The monoisotopic (exact) mass is 441 g/mol. The number of nitrogens with zero attached hydrogens (tertiary/aromatic N) is 2. The lowest BCUT2D eigenvalue weighted by molar-refractivity contribution is -0.120. The summed E-state index contributed by atoms with van der Waals surface area (Å²) in [6, 6.07) is 13.8. The van der Waals surface area contributed by atoms with Crippen LogP contribution < -0.4 is 10.9 Å². The number of thioether (sulfide) groups is 1. The van der Waals surface area contributed by atoms with E-state index in [9.17, 15) is 9.59 Å². The molecule has 0 radical (unpaired) electrons. The van der Waals surface area contributed by atoms with Gasteiger partial charge in [0.1, 0.15) is 4.83 Å². The third-order valence-electron chi connectivity index (χ3n) is 4.52. The lowest BCUT2D eigenvalue weighted by Gasteiger charge is -2.13. The molecule has 148 valence electrons. The molecule has 1 aromatic carbocycles. The third kappa shape index (κ3) is 4.14. The minimum Gasteiger partial charge on any atom is -0.351 e. The normalized spacial score (nSPS) is 12.2. The second kappa shape index (κ2) is 8.52. The standard InChI is InChI=1S/C21H19N3O2S3/c1-13(18(25)22-11-14-7-4-3-5-8-14)29-21-23-19-17(20(26)24(21)2)15(12-28-19)16-9-6-10-27-16/h3-10,12-13H,11H2,1-2H3,(H,22,25). The minimum atomic E-state index is -0.369. The summed E-state index contributed by atoms with van der Waals surface area (Å²) in [5, 5.41) is 7.74. The summed E-state index contributed by atoms with van der Waals surface area (Å²) in [6.45, 7) is 2.30. The molecular weight excluding hydrogens is 422 g/mol. The van der Waals surface area contributed by atoms with Crippen molar-refractivity contribution in [3.8, 4) is 10.4 Å². The molecule has 4 rings (SSSR count). The highest BCUT2D eigenvalue weighted by molar-refractivity contribution is 8.00. The molecule has 1 N–H and O–H groups in total. The van der Waals surface area contributed by atoms with Gasteiger partial charge in [0.05, 0.1) is 10.6 Å². The quantitative estimate of drug-likeness (QED) is 0.353. The molecule has 0 aliphatic carbocycles. The molecule has 3 heterocycles. The number of rotatable bonds is 6. The molecule has 1 unspecified atom stereocenters. The van der Waals surface area contributed by atoms with Gasteiger partial charge in [-0.15, -0.1) is 22.7 Å². The van der Waals surface area contributed by atoms with Gasteiger partial charge in [0, 0.05) is 29.4 Å². The molecule has 3 aromatic heterocycles. The number of aromatic nitrogens is 2. The Labute approximate surface area is 180 Å². The maximum atomic E-state index is 13.0. The van der Waals surface area contributed by atoms with Crippen LogP contribution >= 0.6 is 34.4 Å². The molecule has 0 bridgehead atoms. The van der Waals surface area contributed by atoms with Gasteiger partial charge < -0.3 is 5.32 Å². The average molecular weight is 442 g/mol. The molecule has 1 atom stereocenters. The van der Waals surface area contributed by atoms with Crippen LogP contribution in [0.4, 0.5) is 0 Å². The van der Waals surface area contributed by atoms with Gasteiger partial charge in [0.15, 0.2) is 5.16 Å². The third-order valence-corrected chi connectivity index (χ3v) is 7.44. The Morgan fingerprint density at radius 2 is 2.00 bits per heavy atom. The topological polar surface area (TPSA) is 64.0 Å². The number of benzene rings is 1. The molecule has 0 aliphatic heterocycles. The van der Waals surface area contributed by atoms with Gasteiger partial charge in [-0.05, 0) is 23.9 Å². The lowest BCUT2D eigenvalue weighted by Crippen LogP contribution is -2.31. The van der Waals surface area contributed by atoms with Crippen molar-refractivity contribution in [1.82, 2.24) is 14.9 Å². The fourth-order valence-corrected chi connectivity index (χ4v) is 5.61. The zero-order valence-corrected chi connectivity index (χ0v) is 18.4. The van der Waals surface area contributed by atoms with Gasteiger partial charge in [-0.1, -0.05) is 48.2 Å². The van der Waals surface area contributed by atoms with Crippen LogP contribution in [-0.2, 0) is 18.4 Å². The van der Waals surface area contributed by atoms with E-state index in [1.54, 1.807) is 18.4 Å². The Morgan fingerprint density at radius 1 is 1.21 bits per heavy atom. The molecule has 0 saturated carbocycles. The van der Waals surface area contributed by atoms with Gasteiger partial charge in [-0.3, -0.25) is 14.2 Å². The van der Waals surface area contributed by atoms with E-state index in [1.165, 1.54) is 27.7 Å². The molecular formula is C21H19N3O2S3. The zero-order valence-electron chi connectivity index (χ0n) is 15.9. The highest BCUT2D eigenvalue weighted by Gasteiger charge is 2.20. The van der Waals surface area contributed by atoms with Crippen LogP contribution in [0, 0.1) is 0 Å². The predicted molar refractivity (Wildman–Crippen MR) is 122 cm³/mol. The highest BCUT2D eigenvalue weighted by Crippen LogP contribution is 2.34. The van der Waals surface area contributed by atoms with Crippen molar-refractivity contribution in [3.05, 3.63) is 69.1 Å². The van der Waals surface area contributed by atoms with Crippen molar-refractivity contribution in [2.75, 3.05) is 0 Å². The second-order valence-corrected chi connectivity index (χ2v) is 9.64. The van der Waals surface area contributed by atoms with Crippen molar-refractivity contribution >= 4 is 50.6 Å². The van der Waals surface area contributed by atoms with Gasteiger partial charge in [-0.2, -0.15) is 0 Å². The van der Waals surface area contributed by atoms with Crippen LogP contribution in [0.25, 0.3) is 20.7 Å². The number of thiophene rings is 2. The second-order valence-electron chi connectivity index (χ2n) is 6.53. The molecule has 8 heteroatoms. The van der Waals surface area contributed by atoms with Crippen molar-refractivity contribution in [3.63, 3.8) is 0 Å². The molecule has 0 spiro atoms. The van der Waals surface area contributed by atoms with E-state index < -0.39 is 0 Å². The van der Waals surface area contributed by atoms with Crippen LogP contribution in [0.5, 0.6) is 0 Å². The maximum Gasteiger partial charge on any atom is 0.263 e. The van der Waals surface area contributed by atoms with Gasteiger partial charge in [0.25, 0.3) is 5.56 Å². The molecule has 5 nitrogen and oxygen atoms in total. The van der Waals surface area contributed by atoms with Crippen LogP contribution in [-0.4, -0.2) is 20.7 Å². The Bertz CT molecular complexity index is 1200. The van der Waals surface area contributed by atoms with E-state index in [1.807, 2.05) is 60.1 Å². The van der Waals surface area contributed by atoms with Crippen molar-refractivity contribution < 1.29 is 4.79 Å². The number of nitrogens with one attached hydrogen (secondary N) is 1. The first-order valence-electron chi connectivity index (χ1n) is 9.05. The van der Waals surface area contributed by atoms with Crippen LogP contribution in [0.3, 0.4) is 0 Å².